The van der Waals surface area contributed by atoms with E-state index in [1.54, 1.807) is 26.0 Å². The van der Waals surface area contributed by atoms with Crippen LogP contribution in [0.25, 0.3) is 0 Å². The van der Waals surface area contributed by atoms with Crippen molar-refractivity contribution in [1.29, 1.82) is 0 Å². The van der Waals surface area contributed by atoms with Crippen LogP contribution < -0.4 is 10.1 Å². The van der Waals surface area contributed by atoms with E-state index in [0.29, 0.717) is 6.54 Å². The summed E-state index contributed by atoms with van der Waals surface area (Å²) in [6.45, 7) is 7.39. The van der Waals surface area contributed by atoms with Crippen LogP contribution in [0.5, 0.6) is 5.75 Å². The third-order valence-electron chi connectivity index (χ3n) is 2.98. The van der Waals surface area contributed by atoms with E-state index in [1.807, 2.05) is 0 Å². The number of hydrogen-bond acceptors (Lipinski definition) is 4. The Hall–Kier alpha value is -1.88. The van der Waals surface area contributed by atoms with Crippen LogP contribution in [0.2, 0.25) is 0 Å². The number of rotatable bonds is 7. The fourth-order valence-electron chi connectivity index (χ4n) is 1.97. The van der Waals surface area contributed by atoms with Gasteiger partial charge in [-0.1, -0.05) is 12.1 Å². The zero-order valence-corrected chi connectivity index (χ0v) is 12.0. The normalized spacial score (nSPS) is 13.4. The van der Waals surface area contributed by atoms with Gasteiger partial charge in [-0.05, 0) is 26.0 Å². The second-order valence-electron chi connectivity index (χ2n) is 4.33. The molecule has 0 saturated heterocycles. The molecule has 1 aromatic carbocycles. The van der Waals surface area contributed by atoms with Gasteiger partial charge in [-0.25, -0.2) is 9.18 Å². The molecule has 0 aromatic heterocycles. The molecule has 5 heteroatoms. The Morgan fingerprint density at radius 1 is 1.55 bits per heavy atom. The number of methoxy groups -OCH3 is 1. The Balaban J connectivity index is 3.36. The van der Waals surface area contributed by atoms with Crippen molar-refractivity contribution in [3.63, 3.8) is 0 Å². The van der Waals surface area contributed by atoms with Gasteiger partial charge in [-0.3, -0.25) is 5.32 Å². The fourth-order valence-corrected chi connectivity index (χ4v) is 1.97. The van der Waals surface area contributed by atoms with Crippen molar-refractivity contribution in [3.05, 3.63) is 42.2 Å². The molecular formula is C15H20FNO3. The standard InChI is InChI=1S/C15H20FNO3/c1-5-10-17-15(3,14(18)20-6-2)13-11(16)8-7-9-12(13)19-4/h5,7-9,17H,1,6,10H2,2-4H3. The van der Waals surface area contributed by atoms with Gasteiger partial charge in [0.05, 0.1) is 19.3 Å². The SMILES string of the molecule is C=CCNC(C)(C(=O)OCC)c1c(F)cccc1OC. The third kappa shape index (κ3) is 3.17. The molecule has 0 saturated carbocycles. The molecule has 4 nitrogen and oxygen atoms in total. The van der Waals surface area contributed by atoms with Crippen LogP contribution in [0.1, 0.15) is 19.4 Å². The van der Waals surface area contributed by atoms with E-state index in [9.17, 15) is 9.18 Å². The van der Waals surface area contributed by atoms with E-state index in [-0.39, 0.29) is 17.9 Å². The summed E-state index contributed by atoms with van der Waals surface area (Å²) < 4.78 is 24.4. The summed E-state index contributed by atoms with van der Waals surface area (Å²) in [6.07, 6.45) is 1.59. The topological polar surface area (TPSA) is 47.6 Å². The summed E-state index contributed by atoms with van der Waals surface area (Å²) in [7, 11) is 1.43. The molecule has 0 spiro atoms. The van der Waals surface area contributed by atoms with Crippen LogP contribution in [0, 0.1) is 5.82 Å². The van der Waals surface area contributed by atoms with E-state index in [0.717, 1.165) is 0 Å². The van der Waals surface area contributed by atoms with Crippen LogP contribution in [0.4, 0.5) is 4.39 Å². The molecule has 0 heterocycles. The summed E-state index contributed by atoms with van der Waals surface area (Å²) in [5.74, 6) is -0.807. The highest BCUT2D eigenvalue weighted by atomic mass is 19.1. The lowest BCUT2D eigenvalue weighted by Crippen LogP contribution is -2.48. The van der Waals surface area contributed by atoms with E-state index >= 15 is 0 Å². The number of benzene rings is 1. The minimum atomic E-state index is -1.35. The number of halogens is 1. The zero-order valence-electron chi connectivity index (χ0n) is 12.0. The molecular weight excluding hydrogens is 261 g/mol. The molecule has 20 heavy (non-hydrogen) atoms. The molecule has 0 aliphatic heterocycles. The van der Waals surface area contributed by atoms with Crippen LogP contribution in [-0.2, 0) is 15.1 Å². The molecule has 0 aliphatic carbocycles. The van der Waals surface area contributed by atoms with Crippen LogP contribution in [-0.4, -0.2) is 26.2 Å². The number of carbonyl (C=O) groups is 1. The maximum atomic E-state index is 14.2. The minimum absolute atomic E-state index is 0.128. The molecule has 0 bridgehead atoms. The van der Waals surface area contributed by atoms with Crippen molar-refractivity contribution in [2.24, 2.45) is 0 Å². The first-order chi connectivity index (χ1) is 9.51. The van der Waals surface area contributed by atoms with Gasteiger partial charge in [0.15, 0.2) is 0 Å². The lowest BCUT2D eigenvalue weighted by Gasteiger charge is -2.30. The molecule has 110 valence electrons. The largest absolute Gasteiger partial charge is 0.496 e. The van der Waals surface area contributed by atoms with Crippen molar-refractivity contribution in [3.8, 4) is 5.75 Å². The van der Waals surface area contributed by atoms with Gasteiger partial charge >= 0.3 is 5.97 Å². The lowest BCUT2D eigenvalue weighted by atomic mass is 9.90. The van der Waals surface area contributed by atoms with Crippen molar-refractivity contribution >= 4 is 5.97 Å². The molecule has 0 radical (unpaired) electrons. The molecule has 1 atom stereocenters. The van der Waals surface area contributed by atoms with Crippen molar-refractivity contribution < 1.29 is 18.7 Å². The molecule has 0 aliphatic rings. The van der Waals surface area contributed by atoms with Crippen LogP contribution >= 0.6 is 0 Å². The highest BCUT2D eigenvalue weighted by molar-refractivity contribution is 5.83. The van der Waals surface area contributed by atoms with E-state index in [4.69, 9.17) is 9.47 Å². The van der Waals surface area contributed by atoms with Crippen molar-refractivity contribution in [2.45, 2.75) is 19.4 Å². The first-order valence-electron chi connectivity index (χ1n) is 6.37. The second-order valence-corrected chi connectivity index (χ2v) is 4.33. The van der Waals surface area contributed by atoms with E-state index in [1.165, 1.54) is 19.2 Å². The molecule has 1 aromatic rings. The molecule has 1 rings (SSSR count). The summed E-state index contributed by atoms with van der Waals surface area (Å²) in [5, 5.41) is 2.95. The summed E-state index contributed by atoms with van der Waals surface area (Å²) in [6, 6.07) is 4.41. The van der Waals surface area contributed by atoms with Crippen LogP contribution in [0.15, 0.2) is 30.9 Å². The second kappa shape index (κ2) is 7.05. The van der Waals surface area contributed by atoms with E-state index in [2.05, 4.69) is 11.9 Å². The number of hydrogen-bond donors (Lipinski definition) is 1. The zero-order chi connectivity index (χ0) is 15.2. The Labute approximate surface area is 118 Å². The fraction of sp³-hybridized carbons (Fsp3) is 0.400. The first-order valence-corrected chi connectivity index (χ1v) is 6.37. The number of esters is 1. The van der Waals surface area contributed by atoms with Crippen LogP contribution in [0.3, 0.4) is 0 Å². The Kier molecular flexibility index (Phi) is 5.70. The van der Waals surface area contributed by atoms with Crippen molar-refractivity contribution in [1.82, 2.24) is 5.32 Å². The van der Waals surface area contributed by atoms with Gasteiger partial charge in [0, 0.05) is 6.54 Å². The van der Waals surface area contributed by atoms with Gasteiger partial charge in [0.25, 0.3) is 0 Å². The number of nitrogens with one attached hydrogen (secondary N) is 1. The molecule has 1 N–H and O–H groups in total. The highest BCUT2D eigenvalue weighted by Crippen LogP contribution is 2.33. The van der Waals surface area contributed by atoms with Gasteiger partial charge in [0.1, 0.15) is 17.1 Å². The Morgan fingerprint density at radius 3 is 2.80 bits per heavy atom. The van der Waals surface area contributed by atoms with Gasteiger partial charge in [-0.2, -0.15) is 0 Å². The predicted molar refractivity (Wildman–Crippen MR) is 75.1 cm³/mol. The molecule has 1 unspecified atom stereocenters. The first kappa shape index (κ1) is 16.2. The average molecular weight is 281 g/mol. The predicted octanol–water partition coefficient (Wildman–Crippen LogP) is 2.39. The summed E-state index contributed by atoms with van der Waals surface area (Å²) >= 11 is 0. The molecule has 0 fully saturated rings. The lowest BCUT2D eigenvalue weighted by molar-refractivity contribution is -0.151. The monoisotopic (exact) mass is 281 g/mol. The average Bonchev–Trinajstić information content (AvgIpc) is 2.44. The van der Waals surface area contributed by atoms with Gasteiger partial charge < -0.3 is 9.47 Å². The van der Waals surface area contributed by atoms with Crippen molar-refractivity contribution in [2.75, 3.05) is 20.3 Å². The smallest absolute Gasteiger partial charge is 0.330 e. The minimum Gasteiger partial charge on any atom is -0.496 e. The van der Waals surface area contributed by atoms with E-state index < -0.39 is 17.3 Å². The van der Waals surface area contributed by atoms with Gasteiger partial charge in [-0.15, -0.1) is 6.58 Å². The Morgan fingerprint density at radius 2 is 2.25 bits per heavy atom. The quantitative estimate of drug-likeness (QED) is 0.616. The highest BCUT2D eigenvalue weighted by Gasteiger charge is 2.40. The Bertz CT molecular complexity index is 490. The maximum Gasteiger partial charge on any atom is 0.330 e. The number of carbonyl (C=O) groups excluding carboxylic acids is 1. The third-order valence-corrected chi connectivity index (χ3v) is 2.98. The molecule has 0 amide bonds. The number of ether oxygens (including phenoxy) is 2. The summed E-state index contributed by atoms with van der Waals surface area (Å²) in [4.78, 5) is 12.3. The summed E-state index contributed by atoms with van der Waals surface area (Å²) in [5.41, 5.74) is -1.22. The maximum absolute atomic E-state index is 14.2. The van der Waals surface area contributed by atoms with Gasteiger partial charge in [0.2, 0.25) is 0 Å².